The molecule has 2 N–H and O–H groups in total. The molecule has 0 saturated carbocycles. The predicted molar refractivity (Wildman–Crippen MR) is 121 cm³/mol. The molecule has 2 saturated heterocycles. The molecule has 6 nitrogen and oxygen atoms in total. The van der Waals surface area contributed by atoms with E-state index in [1.165, 1.54) is 17.7 Å². The summed E-state index contributed by atoms with van der Waals surface area (Å²) in [7, 11) is -3.70. The summed E-state index contributed by atoms with van der Waals surface area (Å²) < 4.78 is 28.9. The molecule has 4 rings (SSSR count). The highest BCUT2D eigenvalue weighted by atomic mass is 32.2. The number of sulfonamides is 1. The Balaban J connectivity index is 1.42. The van der Waals surface area contributed by atoms with Crippen molar-refractivity contribution in [2.75, 3.05) is 6.54 Å². The molecule has 2 aromatic rings. The highest BCUT2D eigenvalue weighted by Gasteiger charge is 2.41. The number of rotatable bonds is 8. The molecule has 0 spiro atoms. The topological polar surface area (TPSA) is 78.5 Å². The maximum Gasteiger partial charge on any atom is 0.251 e. The van der Waals surface area contributed by atoms with Gasteiger partial charge < -0.3 is 5.32 Å². The summed E-state index contributed by atoms with van der Waals surface area (Å²) in [4.78, 5) is 14.8. The van der Waals surface area contributed by atoms with E-state index >= 15 is 0 Å². The fourth-order valence-corrected chi connectivity index (χ4v) is 6.09. The van der Waals surface area contributed by atoms with E-state index in [1.807, 2.05) is 6.07 Å². The normalized spacial score (nSPS) is 23.4. The molecule has 7 heteroatoms. The van der Waals surface area contributed by atoms with E-state index in [0.717, 1.165) is 32.2 Å². The summed E-state index contributed by atoms with van der Waals surface area (Å²) in [6.45, 7) is 4.82. The summed E-state index contributed by atoms with van der Waals surface area (Å²) in [6, 6.07) is 17.3. The smallest absolute Gasteiger partial charge is 0.251 e. The van der Waals surface area contributed by atoms with Crippen LogP contribution < -0.4 is 10.0 Å². The highest BCUT2D eigenvalue weighted by molar-refractivity contribution is 7.89. The molecule has 2 aromatic carbocycles. The maximum absolute atomic E-state index is 13.0. The molecule has 2 atom stereocenters. The Hall–Kier alpha value is -2.48. The van der Waals surface area contributed by atoms with Crippen molar-refractivity contribution in [2.45, 2.75) is 55.2 Å². The fraction of sp³-hybridized carbons (Fsp3) is 0.375. The van der Waals surface area contributed by atoms with Crippen molar-refractivity contribution in [2.24, 2.45) is 0 Å². The van der Waals surface area contributed by atoms with Crippen LogP contribution in [0.1, 0.15) is 41.6 Å². The molecule has 2 heterocycles. The van der Waals surface area contributed by atoms with Crippen LogP contribution in [0.3, 0.4) is 0 Å². The minimum atomic E-state index is -3.70. The van der Waals surface area contributed by atoms with Crippen molar-refractivity contribution >= 4 is 15.9 Å². The first kappa shape index (κ1) is 21.7. The average Bonchev–Trinajstić information content (AvgIpc) is 3.00. The van der Waals surface area contributed by atoms with Crippen molar-refractivity contribution < 1.29 is 13.2 Å². The molecule has 2 bridgehead atoms. The predicted octanol–water partition coefficient (Wildman–Crippen LogP) is 3.08. The zero-order valence-corrected chi connectivity index (χ0v) is 18.4. The number of hydrogen-bond acceptors (Lipinski definition) is 4. The van der Waals surface area contributed by atoms with Crippen LogP contribution in [0.5, 0.6) is 0 Å². The lowest BCUT2D eigenvalue weighted by Gasteiger charge is -2.39. The van der Waals surface area contributed by atoms with E-state index in [9.17, 15) is 13.2 Å². The van der Waals surface area contributed by atoms with Crippen molar-refractivity contribution in [3.05, 3.63) is 78.4 Å². The lowest BCUT2D eigenvalue weighted by atomic mass is 9.97. The molecule has 0 aromatic heterocycles. The second-order valence-electron chi connectivity index (χ2n) is 8.36. The largest absolute Gasteiger partial charge is 0.349 e. The van der Waals surface area contributed by atoms with Gasteiger partial charge in [-0.3, -0.25) is 9.69 Å². The molecule has 0 aliphatic carbocycles. The molecular formula is C24H29N3O3S. The number of nitrogens with one attached hydrogen (secondary N) is 2. The highest BCUT2D eigenvalue weighted by Crippen LogP contribution is 2.37. The Morgan fingerprint density at radius 3 is 2.45 bits per heavy atom. The van der Waals surface area contributed by atoms with E-state index in [-0.39, 0.29) is 16.8 Å². The molecular weight excluding hydrogens is 410 g/mol. The van der Waals surface area contributed by atoms with Crippen LogP contribution in [0.25, 0.3) is 0 Å². The average molecular weight is 440 g/mol. The lowest BCUT2D eigenvalue weighted by molar-refractivity contribution is 0.0958. The van der Waals surface area contributed by atoms with Gasteiger partial charge in [0.05, 0.1) is 4.90 Å². The summed E-state index contributed by atoms with van der Waals surface area (Å²) in [5, 5.41) is 2.68. The molecule has 164 valence electrons. The lowest BCUT2D eigenvalue weighted by Crippen LogP contribution is -2.49. The fourth-order valence-electron chi connectivity index (χ4n) is 4.78. The van der Waals surface area contributed by atoms with Gasteiger partial charge in [0.25, 0.3) is 5.91 Å². The Bertz CT molecular complexity index is 1030. The van der Waals surface area contributed by atoms with Crippen LogP contribution >= 0.6 is 0 Å². The van der Waals surface area contributed by atoms with Gasteiger partial charge in [0.1, 0.15) is 0 Å². The molecule has 2 unspecified atom stereocenters. The number of amides is 1. The van der Waals surface area contributed by atoms with Crippen LogP contribution in [0.4, 0.5) is 0 Å². The van der Waals surface area contributed by atoms with Gasteiger partial charge in [-0.15, -0.1) is 6.58 Å². The van der Waals surface area contributed by atoms with Gasteiger partial charge >= 0.3 is 0 Å². The van der Waals surface area contributed by atoms with Gasteiger partial charge in [-0.2, -0.15) is 0 Å². The zero-order valence-electron chi connectivity index (χ0n) is 17.5. The van der Waals surface area contributed by atoms with Gasteiger partial charge in [0.15, 0.2) is 0 Å². The van der Waals surface area contributed by atoms with Crippen LogP contribution in [0.15, 0.2) is 72.1 Å². The number of hydrogen-bond donors (Lipinski definition) is 2. The van der Waals surface area contributed by atoms with Crippen LogP contribution in [-0.2, 0) is 16.6 Å². The number of nitrogens with zero attached hydrogens (tertiary/aromatic N) is 1. The number of benzene rings is 2. The third-order valence-corrected chi connectivity index (χ3v) is 7.75. The molecule has 0 radical (unpaired) electrons. The van der Waals surface area contributed by atoms with E-state index in [2.05, 4.69) is 45.8 Å². The van der Waals surface area contributed by atoms with E-state index in [0.29, 0.717) is 24.2 Å². The van der Waals surface area contributed by atoms with Gasteiger partial charge in [0, 0.05) is 36.8 Å². The molecule has 2 aliphatic heterocycles. The quantitative estimate of drug-likeness (QED) is 0.620. The monoisotopic (exact) mass is 439 g/mol. The second kappa shape index (κ2) is 9.34. The van der Waals surface area contributed by atoms with Gasteiger partial charge in [0.2, 0.25) is 10.0 Å². The summed E-state index contributed by atoms with van der Waals surface area (Å²) in [5.41, 5.74) is 1.62. The maximum atomic E-state index is 13.0. The van der Waals surface area contributed by atoms with Crippen molar-refractivity contribution in [3.63, 3.8) is 0 Å². The molecule has 1 amide bonds. The Morgan fingerprint density at radius 2 is 1.77 bits per heavy atom. The van der Waals surface area contributed by atoms with Crippen molar-refractivity contribution in [3.8, 4) is 0 Å². The number of piperidine rings is 1. The SMILES string of the molecule is C=CCNC(=O)c1cccc(S(=O)(=O)NC2CC3CCC(C2)N3Cc2ccccc2)c1. The molecule has 2 aliphatic rings. The summed E-state index contributed by atoms with van der Waals surface area (Å²) >= 11 is 0. The number of fused-ring (bicyclic) bond motifs is 2. The van der Waals surface area contributed by atoms with Crippen molar-refractivity contribution in [1.82, 2.24) is 14.9 Å². The van der Waals surface area contributed by atoms with Gasteiger partial charge in [-0.05, 0) is 49.4 Å². The van der Waals surface area contributed by atoms with Gasteiger partial charge in [-0.1, -0.05) is 42.5 Å². The van der Waals surface area contributed by atoms with Crippen LogP contribution in [-0.4, -0.2) is 43.9 Å². The number of carbonyl (C=O) groups is 1. The number of carbonyl (C=O) groups excluding carboxylic acids is 1. The third kappa shape index (κ3) is 5.06. The Morgan fingerprint density at radius 1 is 1.06 bits per heavy atom. The first-order valence-corrected chi connectivity index (χ1v) is 12.3. The first-order valence-electron chi connectivity index (χ1n) is 10.8. The third-order valence-electron chi connectivity index (χ3n) is 6.23. The van der Waals surface area contributed by atoms with Crippen LogP contribution in [0, 0.1) is 0 Å². The molecule has 2 fully saturated rings. The minimum Gasteiger partial charge on any atom is -0.349 e. The molecule has 31 heavy (non-hydrogen) atoms. The van der Waals surface area contributed by atoms with Gasteiger partial charge in [-0.25, -0.2) is 13.1 Å². The summed E-state index contributed by atoms with van der Waals surface area (Å²) in [6.07, 6.45) is 5.41. The van der Waals surface area contributed by atoms with E-state index < -0.39 is 10.0 Å². The second-order valence-corrected chi connectivity index (χ2v) is 10.1. The first-order chi connectivity index (χ1) is 15.0. The Kier molecular flexibility index (Phi) is 6.55. The van der Waals surface area contributed by atoms with Crippen molar-refractivity contribution in [1.29, 1.82) is 0 Å². The van der Waals surface area contributed by atoms with E-state index in [4.69, 9.17) is 0 Å². The minimum absolute atomic E-state index is 0.0900. The zero-order chi connectivity index (χ0) is 21.8. The Labute approximate surface area is 184 Å². The van der Waals surface area contributed by atoms with Crippen LogP contribution in [0.2, 0.25) is 0 Å². The summed E-state index contributed by atoms with van der Waals surface area (Å²) in [5.74, 6) is -0.316. The van der Waals surface area contributed by atoms with E-state index in [1.54, 1.807) is 18.2 Å². The standard InChI is InChI=1S/C24H29N3O3S/c1-2-13-25-24(28)19-9-6-10-23(14-19)31(29,30)26-20-15-21-11-12-22(16-20)27(21)17-18-7-4-3-5-8-18/h2-10,14,20-22,26H,1,11-13,15-17H2,(H,25,28).